The van der Waals surface area contributed by atoms with Gasteiger partial charge in [-0.2, -0.15) is 0 Å². The number of thioether (sulfide) groups is 1. The molecule has 128 valence electrons. The number of benzene rings is 2. The quantitative estimate of drug-likeness (QED) is 0.491. The molecule has 1 amide bonds. The molecular weight excluding hydrogens is 338 g/mol. The zero-order valence-electron chi connectivity index (χ0n) is 13.4. The van der Waals surface area contributed by atoms with E-state index in [2.05, 4.69) is 20.8 Å². The van der Waals surface area contributed by atoms with Crippen molar-refractivity contribution in [1.29, 1.82) is 0 Å². The summed E-state index contributed by atoms with van der Waals surface area (Å²) in [6.07, 6.45) is 1.50. The Morgan fingerprint density at radius 2 is 2.04 bits per heavy atom. The third-order valence-electron chi connectivity index (χ3n) is 3.24. The van der Waals surface area contributed by atoms with E-state index in [1.54, 1.807) is 23.9 Å². The lowest BCUT2D eigenvalue weighted by Gasteiger charge is -2.08. The van der Waals surface area contributed by atoms with Gasteiger partial charge in [0.05, 0.1) is 5.69 Å². The van der Waals surface area contributed by atoms with Gasteiger partial charge in [-0.25, -0.2) is 4.68 Å². The van der Waals surface area contributed by atoms with Crippen LogP contribution in [0.3, 0.4) is 0 Å². The van der Waals surface area contributed by atoms with Crippen LogP contribution in [0.4, 0.5) is 0 Å². The number of nitrogens with zero attached hydrogens (tertiary/aromatic N) is 4. The van der Waals surface area contributed by atoms with Gasteiger partial charge in [-0.15, -0.1) is 16.9 Å². The van der Waals surface area contributed by atoms with Gasteiger partial charge >= 0.3 is 0 Å². The summed E-state index contributed by atoms with van der Waals surface area (Å²) in [6.45, 7) is 0.557. The summed E-state index contributed by atoms with van der Waals surface area (Å²) in [5.41, 5.74) is 0.766. The minimum Gasteiger partial charge on any atom is -0.484 e. The van der Waals surface area contributed by atoms with E-state index in [4.69, 9.17) is 4.74 Å². The van der Waals surface area contributed by atoms with Crippen molar-refractivity contribution < 1.29 is 9.53 Å². The maximum absolute atomic E-state index is 11.9. The summed E-state index contributed by atoms with van der Waals surface area (Å²) >= 11 is 1.70. The molecule has 0 saturated heterocycles. The molecule has 0 aliphatic carbocycles. The largest absolute Gasteiger partial charge is 0.484 e. The molecule has 0 aliphatic rings. The highest BCUT2D eigenvalue weighted by atomic mass is 32.2. The van der Waals surface area contributed by atoms with E-state index in [9.17, 15) is 4.79 Å². The van der Waals surface area contributed by atoms with Gasteiger partial charge in [0.25, 0.3) is 5.91 Å². The van der Waals surface area contributed by atoms with Crippen molar-refractivity contribution in [2.45, 2.75) is 4.90 Å². The Morgan fingerprint density at radius 3 is 2.84 bits per heavy atom. The lowest BCUT2D eigenvalue weighted by Crippen LogP contribution is -2.30. The minimum atomic E-state index is -0.151. The number of hydrogen-bond acceptors (Lipinski definition) is 6. The van der Waals surface area contributed by atoms with Gasteiger partial charge in [0, 0.05) is 23.3 Å². The summed E-state index contributed by atoms with van der Waals surface area (Å²) in [5.74, 6) is 1.24. The molecule has 1 aromatic heterocycles. The second-order valence-corrected chi connectivity index (χ2v) is 6.22. The Morgan fingerprint density at radius 1 is 1.16 bits per heavy atom. The van der Waals surface area contributed by atoms with Crippen molar-refractivity contribution in [3.8, 4) is 11.4 Å². The first kappa shape index (κ1) is 17.0. The molecule has 3 aromatic rings. The van der Waals surface area contributed by atoms with Gasteiger partial charge in [-0.1, -0.05) is 24.3 Å². The Kier molecular flexibility index (Phi) is 6.00. The highest BCUT2D eigenvalue weighted by Crippen LogP contribution is 2.16. The lowest BCUT2D eigenvalue weighted by molar-refractivity contribution is -0.122. The zero-order chi connectivity index (χ0) is 17.3. The molecule has 0 spiro atoms. The maximum Gasteiger partial charge on any atom is 0.257 e. The smallest absolute Gasteiger partial charge is 0.257 e. The number of ether oxygens (including phenoxy) is 1. The van der Waals surface area contributed by atoms with Crippen LogP contribution in [0.2, 0.25) is 0 Å². The molecule has 0 atom stereocenters. The maximum atomic E-state index is 11.9. The highest BCUT2D eigenvalue weighted by molar-refractivity contribution is 7.99. The molecule has 2 aromatic carbocycles. The molecule has 3 rings (SSSR count). The van der Waals surface area contributed by atoms with E-state index in [1.807, 2.05) is 42.5 Å². The normalized spacial score (nSPS) is 10.4. The van der Waals surface area contributed by atoms with Gasteiger partial charge in [0.1, 0.15) is 12.1 Å². The van der Waals surface area contributed by atoms with E-state index in [0.29, 0.717) is 12.3 Å². The topological polar surface area (TPSA) is 81.9 Å². The predicted molar refractivity (Wildman–Crippen MR) is 94.8 cm³/mol. The molecule has 0 radical (unpaired) electrons. The van der Waals surface area contributed by atoms with Crippen LogP contribution in [0.5, 0.6) is 5.75 Å². The molecular formula is C17H17N5O2S. The molecule has 0 fully saturated rings. The van der Waals surface area contributed by atoms with Gasteiger partial charge in [-0.3, -0.25) is 4.79 Å². The third kappa shape index (κ3) is 5.32. The molecule has 0 saturated carbocycles. The van der Waals surface area contributed by atoms with Gasteiger partial charge in [0.2, 0.25) is 0 Å². The van der Waals surface area contributed by atoms with Crippen LogP contribution in [0.25, 0.3) is 5.69 Å². The van der Waals surface area contributed by atoms with Crippen LogP contribution in [0, 0.1) is 0 Å². The average Bonchev–Trinajstić information content (AvgIpc) is 3.19. The Hall–Kier alpha value is -2.87. The van der Waals surface area contributed by atoms with Crippen molar-refractivity contribution in [3.05, 3.63) is 60.9 Å². The average molecular weight is 355 g/mol. The second-order valence-electron chi connectivity index (χ2n) is 5.05. The number of tetrazole rings is 1. The van der Waals surface area contributed by atoms with Crippen LogP contribution in [-0.2, 0) is 4.79 Å². The zero-order valence-corrected chi connectivity index (χ0v) is 14.2. The second kappa shape index (κ2) is 8.84. The van der Waals surface area contributed by atoms with Gasteiger partial charge in [-0.05, 0) is 34.7 Å². The molecule has 1 N–H and O–H groups in total. The fraction of sp³-hybridized carbons (Fsp3) is 0.176. The summed E-state index contributed by atoms with van der Waals surface area (Å²) in [7, 11) is 0. The number of carbonyl (C=O) groups is 1. The van der Waals surface area contributed by atoms with E-state index in [1.165, 1.54) is 15.9 Å². The van der Waals surface area contributed by atoms with E-state index in [0.717, 1.165) is 11.4 Å². The molecule has 7 nitrogen and oxygen atoms in total. The SMILES string of the molecule is O=C(COc1cccc(-n2cnnn2)c1)NCCSc1ccccc1. The van der Waals surface area contributed by atoms with Crippen LogP contribution < -0.4 is 10.1 Å². The fourth-order valence-electron chi connectivity index (χ4n) is 2.07. The number of hydrogen-bond donors (Lipinski definition) is 1. The summed E-state index contributed by atoms with van der Waals surface area (Å²) in [4.78, 5) is 13.0. The summed E-state index contributed by atoms with van der Waals surface area (Å²) in [6, 6.07) is 17.3. The highest BCUT2D eigenvalue weighted by Gasteiger charge is 2.04. The Balaban J connectivity index is 1.39. The molecule has 1 heterocycles. The number of nitrogens with one attached hydrogen (secondary N) is 1. The number of carbonyl (C=O) groups excluding carboxylic acids is 1. The Bertz CT molecular complexity index is 796. The van der Waals surface area contributed by atoms with Crippen molar-refractivity contribution in [2.75, 3.05) is 18.9 Å². The molecule has 0 aliphatic heterocycles. The summed E-state index contributed by atoms with van der Waals surface area (Å²) < 4.78 is 7.04. The lowest BCUT2D eigenvalue weighted by atomic mass is 10.3. The molecule has 0 bridgehead atoms. The molecule has 25 heavy (non-hydrogen) atoms. The van der Waals surface area contributed by atoms with Crippen LogP contribution in [0.1, 0.15) is 0 Å². The first-order valence-corrected chi connectivity index (χ1v) is 8.70. The molecule has 0 unspecified atom stereocenters. The van der Waals surface area contributed by atoms with Crippen LogP contribution in [0.15, 0.2) is 65.8 Å². The first-order chi connectivity index (χ1) is 12.3. The molecule has 8 heteroatoms. The summed E-state index contributed by atoms with van der Waals surface area (Å²) in [5, 5.41) is 13.8. The van der Waals surface area contributed by atoms with Gasteiger partial charge < -0.3 is 10.1 Å². The van der Waals surface area contributed by atoms with Crippen molar-refractivity contribution in [2.24, 2.45) is 0 Å². The van der Waals surface area contributed by atoms with Crippen LogP contribution >= 0.6 is 11.8 Å². The van der Waals surface area contributed by atoms with Gasteiger partial charge in [0.15, 0.2) is 6.61 Å². The minimum absolute atomic E-state index is 0.0327. The van der Waals surface area contributed by atoms with E-state index in [-0.39, 0.29) is 12.5 Å². The predicted octanol–water partition coefficient (Wildman–Crippen LogP) is 1.95. The van der Waals surface area contributed by atoms with E-state index >= 15 is 0 Å². The number of aromatic nitrogens is 4. The first-order valence-electron chi connectivity index (χ1n) is 7.72. The standard InChI is InChI=1S/C17H17N5O2S/c23-17(18-9-10-25-16-7-2-1-3-8-16)12-24-15-6-4-5-14(11-15)22-13-19-20-21-22/h1-8,11,13H,9-10,12H2,(H,18,23). The van der Waals surface area contributed by atoms with Crippen LogP contribution in [-0.4, -0.2) is 45.0 Å². The van der Waals surface area contributed by atoms with Crippen molar-refractivity contribution >= 4 is 17.7 Å². The Labute approximate surface area is 149 Å². The fourth-order valence-corrected chi connectivity index (χ4v) is 2.86. The number of rotatable bonds is 8. The third-order valence-corrected chi connectivity index (χ3v) is 4.25. The number of amides is 1. The van der Waals surface area contributed by atoms with Crippen molar-refractivity contribution in [1.82, 2.24) is 25.5 Å². The van der Waals surface area contributed by atoms with Crippen molar-refractivity contribution in [3.63, 3.8) is 0 Å². The monoisotopic (exact) mass is 355 g/mol. The van der Waals surface area contributed by atoms with E-state index < -0.39 is 0 Å².